The summed E-state index contributed by atoms with van der Waals surface area (Å²) in [6.07, 6.45) is 2.82. The molecule has 26 heavy (non-hydrogen) atoms. The Morgan fingerprint density at radius 1 is 1.15 bits per heavy atom. The van der Waals surface area contributed by atoms with E-state index in [0.29, 0.717) is 4.91 Å². The number of carbonyl (C=O) groups excluding carboxylic acids is 1. The first-order valence-electron chi connectivity index (χ1n) is 8.62. The Kier molecular flexibility index (Phi) is 5.99. The minimum atomic E-state index is 0.0260. The molecule has 0 aliphatic carbocycles. The van der Waals surface area contributed by atoms with Crippen LogP contribution in [-0.2, 0) is 4.79 Å². The highest BCUT2D eigenvalue weighted by Gasteiger charge is 2.36. The van der Waals surface area contributed by atoms with Gasteiger partial charge in [0.25, 0.3) is 5.91 Å². The van der Waals surface area contributed by atoms with Crippen LogP contribution in [0.2, 0.25) is 0 Å². The first kappa shape index (κ1) is 18.9. The van der Waals surface area contributed by atoms with Gasteiger partial charge in [0.05, 0.1) is 10.6 Å². The summed E-state index contributed by atoms with van der Waals surface area (Å²) in [6, 6.07) is 16.1. The van der Waals surface area contributed by atoms with Crippen LogP contribution in [0.15, 0.2) is 62.9 Å². The van der Waals surface area contributed by atoms with Gasteiger partial charge in [0.2, 0.25) is 0 Å². The van der Waals surface area contributed by atoms with Crippen LogP contribution in [-0.4, -0.2) is 22.0 Å². The fourth-order valence-corrected chi connectivity index (χ4v) is 3.93. The number of hydrogen-bond donors (Lipinski definition) is 0. The molecule has 1 amide bonds. The van der Waals surface area contributed by atoms with Crippen molar-refractivity contribution < 1.29 is 4.79 Å². The van der Waals surface area contributed by atoms with Gasteiger partial charge in [-0.15, -0.1) is 0 Å². The highest BCUT2D eigenvalue weighted by atomic mass is 79.9. The predicted octanol–water partition coefficient (Wildman–Crippen LogP) is 6.16. The molecule has 1 aliphatic heterocycles. The molecular formula is C21H21BrN2OS. The number of aryl methyl sites for hydroxylation is 1. The van der Waals surface area contributed by atoms with Crippen LogP contribution in [0.5, 0.6) is 0 Å². The van der Waals surface area contributed by atoms with Gasteiger partial charge in [-0.2, -0.15) is 0 Å². The normalized spacial score (nSPS) is 18.8. The number of aliphatic imine (C=N–C) groups is 1. The summed E-state index contributed by atoms with van der Waals surface area (Å²) >= 11 is 4.88. The highest BCUT2D eigenvalue weighted by Crippen LogP contribution is 2.36. The second-order valence-electron chi connectivity index (χ2n) is 6.32. The van der Waals surface area contributed by atoms with E-state index in [1.807, 2.05) is 59.5 Å². The second-order valence-corrected chi connectivity index (χ2v) is 8.25. The van der Waals surface area contributed by atoms with Crippen molar-refractivity contribution in [2.24, 2.45) is 4.99 Å². The molecule has 0 aromatic heterocycles. The lowest BCUT2D eigenvalue weighted by molar-refractivity contribution is -0.123. The van der Waals surface area contributed by atoms with Crippen molar-refractivity contribution in [3.05, 3.63) is 69.0 Å². The quantitative estimate of drug-likeness (QED) is 0.546. The standard InChI is InChI=1S/C21H21BrN2OS/c1-4-15(3)24-20(25)19(13-16-7-9-17(22)10-8-16)26-21(24)23-18-11-5-14(2)6-12-18/h5-13,15H,4H2,1-3H3/b19-13+,23-21?/t15-/m1/s1. The van der Waals surface area contributed by atoms with E-state index in [9.17, 15) is 4.79 Å². The molecule has 0 spiro atoms. The van der Waals surface area contributed by atoms with Crippen LogP contribution in [0.4, 0.5) is 5.69 Å². The molecular weight excluding hydrogens is 408 g/mol. The van der Waals surface area contributed by atoms with E-state index in [1.165, 1.54) is 17.3 Å². The van der Waals surface area contributed by atoms with Gasteiger partial charge in [0, 0.05) is 10.5 Å². The molecule has 134 valence electrons. The first-order valence-corrected chi connectivity index (χ1v) is 10.2. The number of rotatable bonds is 4. The van der Waals surface area contributed by atoms with Gasteiger partial charge >= 0.3 is 0 Å². The number of hydrogen-bond acceptors (Lipinski definition) is 3. The number of amides is 1. The molecule has 1 fully saturated rings. The number of halogens is 1. The third kappa shape index (κ3) is 4.27. The minimum absolute atomic E-state index is 0.0260. The Labute approximate surface area is 167 Å². The van der Waals surface area contributed by atoms with Gasteiger partial charge in [0.1, 0.15) is 0 Å². The monoisotopic (exact) mass is 428 g/mol. The topological polar surface area (TPSA) is 32.7 Å². The van der Waals surface area contributed by atoms with E-state index in [4.69, 9.17) is 4.99 Å². The Balaban J connectivity index is 1.96. The van der Waals surface area contributed by atoms with Crippen molar-refractivity contribution in [2.75, 3.05) is 0 Å². The Morgan fingerprint density at radius 3 is 2.42 bits per heavy atom. The summed E-state index contributed by atoms with van der Waals surface area (Å²) in [5.74, 6) is 0.0260. The van der Waals surface area contributed by atoms with Gasteiger partial charge < -0.3 is 0 Å². The summed E-state index contributed by atoms with van der Waals surface area (Å²) in [7, 11) is 0. The number of benzene rings is 2. The molecule has 1 atom stereocenters. The van der Waals surface area contributed by atoms with Gasteiger partial charge in [0.15, 0.2) is 5.17 Å². The molecule has 5 heteroatoms. The highest BCUT2D eigenvalue weighted by molar-refractivity contribution is 9.10. The van der Waals surface area contributed by atoms with Gasteiger partial charge in [-0.1, -0.05) is 52.7 Å². The van der Waals surface area contributed by atoms with Crippen LogP contribution in [0.25, 0.3) is 6.08 Å². The largest absolute Gasteiger partial charge is 0.284 e. The van der Waals surface area contributed by atoms with Crippen molar-refractivity contribution in [3.63, 3.8) is 0 Å². The second kappa shape index (κ2) is 8.23. The molecule has 1 aliphatic rings. The van der Waals surface area contributed by atoms with Crippen molar-refractivity contribution in [3.8, 4) is 0 Å². The van der Waals surface area contributed by atoms with Crippen LogP contribution < -0.4 is 0 Å². The molecule has 0 bridgehead atoms. The lowest BCUT2D eigenvalue weighted by Crippen LogP contribution is -2.36. The van der Waals surface area contributed by atoms with Crippen LogP contribution >= 0.6 is 27.7 Å². The zero-order valence-electron chi connectivity index (χ0n) is 15.1. The maximum absolute atomic E-state index is 13.0. The molecule has 0 radical (unpaired) electrons. The minimum Gasteiger partial charge on any atom is -0.284 e. The van der Waals surface area contributed by atoms with Crippen molar-refractivity contribution in [1.82, 2.24) is 4.90 Å². The predicted molar refractivity (Wildman–Crippen MR) is 115 cm³/mol. The maximum Gasteiger partial charge on any atom is 0.266 e. The van der Waals surface area contributed by atoms with Crippen LogP contribution in [0, 0.1) is 6.92 Å². The molecule has 0 unspecified atom stereocenters. The number of thioether (sulfide) groups is 1. The van der Waals surface area contributed by atoms with Gasteiger partial charge in [-0.25, -0.2) is 4.99 Å². The summed E-state index contributed by atoms with van der Waals surface area (Å²) in [4.78, 5) is 20.2. The Morgan fingerprint density at radius 2 is 1.81 bits per heavy atom. The Bertz CT molecular complexity index is 857. The molecule has 3 nitrogen and oxygen atoms in total. The first-order chi connectivity index (χ1) is 12.5. The average molecular weight is 429 g/mol. The SMILES string of the molecule is CC[C@@H](C)N1C(=O)/C(=C\c2ccc(Br)cc2)SC1=Nc1ccc(C)cc1. The van der Waals surface area contributed by atoms with Crippen LogP contribution in [0.3, 0.4) is 0 Å². The van der Waals surface area contributed by atoms with Crippen molar-refractivity contribution in [1.29, 1.82) is 0 Å². The van der Waals surface area contributed by atoms with E-state index < -0.39 is 0 Å². The molecule has 2 aromatic rings. The lowest BCUT2D eigenvalue weighted by atomic mass is 10.2. The summed E-state index contributed by atoms with van der Waals surface area (Å²) in [5.41, 5.74) is 3.06. The van der Waals surface area contributed by atoms with Crippen LogP contribution in [0.1, 0.15) is 31.4 Å². The van der Waals surface area contributed by atoms with E-state index in [2.05, 4.69) is 36.7 Å². The Hall–Kier alpha value is -1.85. The number of amidine groups is 1. The van der Waals surface area contributed by atoms with Crippen molar-refractivity contribution in [2.45, 2.75) is 33.2 Å². The van der Waals surface area contributed by atoms with E-state index in [0.717, 1.165) is 27.3 Å². The average Bonchev–Trinajstić information content (AvgIpc) is 2.93. The molecule has 2 aromatic carbocycles. The maximum atomic E-state index is 13.0. The fourth-order valence-electron chi connectivity index (χ4n) is 2.58. The zero-order valence-corrected chi connectivity index (χ0v) is 17.5. The van der Waals surface area contributed by atoms with Gasteiger partial charge in [-0.05, 0) is 67.9 Å². The zero-order chi connectivity index (χ0) is 18.7. The molecule has 0 saturated carbocycles. The molecule has 0 N–H and O–H groups in total. The lowest BCUT2D eigenvalue weighted by Gasteiger charge is -2.22. The fraction of sp³-hybridized carbons (Fsp3) is 0.238. The smallest absolute Gasteiger partial charge is 0.266 e. The van der Waals surface area contributed by atoms with Crippen molar-refractivity contribution >= 4 is 50.5 Å². The third-order valence-corrected chi connectivity index (χ3v) is 5.81. The summed E-state index contributed by atoms with van der Waals surface area (Å²) in [6.45, 7) is 6.20. The van der Waals surface area contributed by atoms with E-state index in [-0.39, 0.29) is 11.9 Å². The molecule has 1 saturated heterocycles. The third-order valence-electron chi connectivity index (χ3n) is 4.29. The van der Waals surface area contributed by atoms with E-state index >= 15 is 0 Å². The number of carbonyl (C=O) groups is 1. The molecule has 3 rings (SSSR count). The summed E-state index contributed by atoms with van der Waals surface area (Å²) in [5, 5.41) is 0.747. The van der Waals surface area contributed by atoms with Gasteiger partial charge in [-0.3, -0.25) is 9.69 Å². The summed E-state index contributed by atoms with van der Waals surface area (Å²) < 4.78 is 1.02. The molecule has 1 heterocycles. The number of nitrogens with zero attached hydrogens (tertiary/aromatic N) is 2. The van der Waals surface area contributed by atoms with E-state index in [1.54, 1.807) is 0 Å².